The van der Waals surface area contributed by atoms with Crippen LogP contribution in [0.3, 0.4) is 0 Å². The minimum atomic E-state index is -0.293. The molecule has 0 amide bonds. The van der Waals surface area contributed by atoms with Crippen LogP contribution >= 0.6 is 0 Å². The second kappa shape index (κ2) is 4.77. The average Bonchev–Trinajstić information content (AvgIpc) is 2.29. The van der Waals surface area contributed by atoms with Gasteiger partial charge in [0, 0.05) is 12.5 Å². The van der Waals surface area contributed by atoms with E-state index in [1.165, 1.54) is 0 Å². The summed E-state index contributed by atoms with van der Waals surface area (Å²) in [7, 11) is 0. The lowest BCUT2D eigenvalue weighted by molar-refractivity contribution is 0.0493. The lowest BCUT2D eigenvalue weighted by Crippen LogP contribution is -2.32. The first-order chi connectivity index (χ1) is 7.33. The van der Waals surface area contributed by atoms with Gasteiger partial charge in [-0.3, -0.25) is 0 Å². The SMILES string of the molecule is OCC1CCC[C@@H](O)[C@H]1c1ccccc1. The molecule has 0 aromatic heterocycles. The maximum atomic E-state index is 10.0. The van der Waals surface area contributed by atoms with Gasteiger partial charge < -0.3 is 10.2 Å². The van der Waals surface area contributed by atoms with Crippen LogP contribution in [-0.4, -0.2) is 22.9 Å². The van der Waals surface area contributed by atoms with Crippen molar-refractivity contribution in [1.29, 1.82) is 0 Å². The van der Waals surface area contributed by atoms with Crippen LogP contribution in [0.2, 0.25) is 0 Å². The zero-order chi connectivity index (χ0) is 10.7. The molecule has 2 heteroatoms. The van der Waals surface area contributed by atoms with Crippen molar-refractivity contribution in [3.63, 3.8) is 0 Å². The summed E-state index contributed by atoms with van der Waals surface area (Å²) in [6.07, 6.45) is 2.61. The van der Waals surface area contributed by atoms with E-state index in [1.54, 1.807) is 0 Å². The third-order valence-corrected chi connectivity index (χ3v) is 3.42. The second-order valence-corrected chi connectivity index (χ2v) is 4.38. The minimum absolute atomic E-state index is 0.116. The van der Waals surface area contributed by atoms with E-state index in [4.69, 9.17) is 0 Å². The van der Waals surface area contributed by atoms with Gasteiger partial charge in [0.1, 0.15) is 0 Å². The molecule has 2 nitrogen and oxygen atoms in total. The van der Waals surface area contributed by atoms with E-state index in [0.717, 1.165) is 24.8 Å². The summed E-state index contributed by atoms with van der Waals surface area (Å²) >= 11 is 0. The standard InChI is InChI=1S/C13H18O2/c14-9-11-7-4-8-12(15)13(11)10-5-2-1-3-6-10/h1-3,5-6,11-15H,4,7-9H2/t11?,12-,13+/m1/s1. The highest BCUT2D eigenvalue weighted by Gasteiger charge is 2.32. The number of aliphatic hydroxyl groups excluding tert-OH is 2. The molecule has 1 aliphatic carbocycles. The van der Waals surface area contributed by atoms with Gasteiger partial charge in [-0.2, -0.15) is 0 Å². The first kappa shape index (κ1) is 10.7. The molecule has 2 N–H and O–H groups in total. The highest BCUT2D eigenvalue weighted by atomic mass is 16.3. The van der Waals surface area contributed by atoms with Crippen LogP contribution in [0.1, 0.15) is 30.7 Å². The Morgan fingerprint density at radius 1 is 1.13 bits per heavy atom. The fraction of sp³-hybridized carbons (Fsp3) is 0.538. The lowest BCUT2D eigenvalue weighted by Gasteiger charge is -2.34. The Labute approximate surface area is 90.6 Å². The summed E-state index contributed by atoms with van der Waals surface area (Å²) in [6.45, 7) is 0.177. The fourth-order valence-electron chi connectivity index (χ4n) is 2.64. The average molecular weight is 206 g/mol. The van der Waals surface area contributed by atoms with E-state index in [0.29, 0.717) is 0 Å². The van der Waals surface area contributed by atoms with Crippen molar-refractivity contribution in [2.24, 2.45) is 5.92 Å². The van der Waals surface area contributed by atoms with Gasteiger partial charge in [0.15, 0.2) is 0 Å². The van der Waals surface area contributed by atoms with Crippen molar-refractivity contribution in [2.45, 2.75) is 31.3 Å². The highest BCUT2D eigenvalue weighted by molar-refractivity contribution is 5.22. The smallest absolute Gasteiger partial charge is 0.0612 e. The molecule has 15 heavy (non-hydrogen) atoms. The van der Waals surface area contributed by atoms with Gasteiger partial charge in [-0.05, 0) is 24.3 Å². The summed E-state index contributed by atoms with van der Waals surface area (Å²) in [5.74, 6) is 0.334. The minimum Gasteiger partial charge on any atom is -0.396 e. The Morgan fingerprint density at radius 3 is 2.53 bits per heavy atom. The molecule has 0 aliphatic heterocycles. The molecule has 3 atom stereocenters. The van der Waals surface area contributed by atoms with Gasteiger partial charge in [-0.25, -0.2) is 0 Å². The number of hydrogen-bond donors (Lipinski definition) is 2. The van der Waals surface area contributed by atoms with Crippen LogP contribution in [0.5, 0.6) is 0 Å². The molecule has 1 aromatic rings. The van der Waals surface area contributed by atoms with Crippen molar-refractivity contribution in [3.05, 3.63) is 35.9 Å². The van der Waals surface area contributed by atoms with E-state index >= 15 is 0 Å². The van der Waals surface area contributed by atoms with E-state index in [-0.39, 0.29) is 24.5 Å². The number of aliphatic hydroxyl groups is 2. The van der Waals surface area contributed by atoms with Crippen LogP contribution in [0, 0.1) is 5.92 Å². The number of benzene rings is 1. The molecule has 2 rings (SSSR count). The van der Waals surface area contributed by atoms with Crippen molar-refractivity contribution in [1.82, 2.24) is 0 Å². The van der Waals surface area contributed by atoms with Crippen LogP contribution in [0.4, 0.5) is 0 Å². The Balaban J connectivity index is 2.23. The highest BCUT2D eigenvalue weighted by Crippen LogP contribution is 2.37. The van der Waals surface area contributed by atoms with E-state index < -0.39 is 0 Å². The molecule has 0 radical (unpaired) electrons. The van der Waals surface area contributed by atoms with Crippen LogP contribution in [-0.2, 0) is 0 Å². The summed E-state index contributed by atoms with van der Waals surface area (Å²) in [5, 5.41) is 19.3. The molecular weight excluding hydrogens is 188 g/mol. The van der Waals surface area contributed by atoms with Crippen LogP contribution in [0.25, 0.3) is 0 Å². The molecule has 1 aliphatic rings. The Kier molecular flexibility index (Phi) is 3.39. The largest absolute Gasteiger partial charge is 0.396 e. The first-order valence-corrected chi connectivity index (χ1v) is 5.67. The van der Waals surface area contributed by atoms with Crippen molar-refractivity contribution >= 4 is 0 Å². The molecular formula is C13H18O2. The molecule has 1 unspecified atom stereocenters. The summed E-state index contributed by atoms with van der Waals surface area (Å²) < 4.78 is 0. The van der Waals surface area contributed by atoms with Crippen molar-refractivity contribution in [2.75, 3.05) is 6.61 Å². The third-order valence-electron chi connectivity index (χ3n) is 3.42. The zero-order valence-electron chi connectivity index (χ0n) is 8.84. The molecule has 0 bridgehead atoms. The van der Waals surface area contributed by atoms with Gasteiger partial charge in [-0.15, -0.1) is 0 Å². The molecule has 1 fully saturated rings. The molecule has 1 aromatic carbocycles. The maximum Gasteiger partial charge on any atom is 0.0612 e. The van der Waals surface area contributed by atoms with Crippen LogP contribution in [0.15, 0.2) is 30.3 Å². The van der Waals surface area contributed by atoms with Gasteiger partial charge in [0.2, 0.25) is 0 Å². The van der Waals surface area contributed by atoms with E-state index in [2.05, 4.69) is 0 Å². The fourth-order valence-corrected chi connectivity index (χ4v) is 2.64. The Morgan fingerprint density at radius 2 is 1.87 bits per heavy atom. The predicted octanol–water partition coefficient (Wildman–Crippen LogP) is 1.92. The predicted molar refractivity (Wildman–Crippen MR) is 59.6 cm³/mol. The maximum absolute atomic E-state index is 10.0. The monoisotopic (exact) mass is 206 g/mol. The van der Waals surface area contributed by atoms with Crippen molar-refractivity contribution < 1.29 is 10.2 Å². The lowest BCUT2D eigenvalue weighted by atomic mass is 9.74. The van der Waals surface area contributed by atoms with E-state index in [1.807, 2.05) is 30.3 Å². The van der Waals surface area contributed by atoms with Crippen molar-refractivity contribution in [3.8, 4) is 0 Å². The molecule has 0 spiro atoms. The summed E-state index contributed by atoms with van der Waals surface area (Å²) in [5.41, 5.74) is 1.16. The van der Waals surface area contributed by atoms with Gasteiger partial charge in [0.05, 0.1) is 6.10 Å². The summed E-state index contributed by atoms with van der Waals surface area (Å²) in [4.78, 5) is 0. The molecule has 0 saturated heterocycles. The summed E-state index contributed by atoms with van der Waals surface area (Å²) in [6, 6.07) is 10.0. The first-order valence-electron chi connectivity index (χ1n) is 5.67. The molecule has 1 saturated carbocycles. The molecule has 0 heterocycles. The molecule has 82 valence electrons. The van der Waals surface area contributed by atoms with Gasteiger partial charge in [0.25, 0.3) is 0 Å². The number of rotatable bonds is 2. The second-order valence-electron chi connectivity index (χ2n) is 4.38. The van der Waals surface area contributed by atoms with Gasteiger partial charge in [-0.1, -0.05) is 36.8 Å². The Hall–Kier alpha value is -0.860. The van der Waals surface area contributed by atoms with Crippen LogP contribution < -0.4 is 0 Å². The third kappa shape index (κ3) is 2.21. The van der Waals surface area contributed by atoms with E-state index in [9.17, 15) is 10.2 Å². The zero-order valence-corrected chi connectivity index (χ0v) is 8.84. The van der Waals surface area contributed by atoms with Gasteiger partial charge >= 0.3 is 0 Å². The topological polar surface area (TPSA) is 40.5 Å². The number of hydrogen-bond acceptors (Lipinski definition) is 2. The quantitative estimate of drug-likeness (QED) is 0.776. The normalized spacial score (nSPS) is 31.5. The Bertz CT molecular complexity index is 297.